The molecule has 1 aliphatic heterocycles. The van der Waals surface area contributed by atoms with E-state index in [0.29, 0.717) is 31.0 Å². The molecule has 2 fully saturated rings. The summed E-state index contributed by atoms with van der Waals surface area (Å²) in [5.74, 6) is 1.22. The van der Waals surface area contributed by atoms with Crippen molar-refractivity contribution in [2.24, 2.45) is 11.8 Å². The van der Waals surface area contributed by atoms with Gasteiger partial charge in [-0.2, -0.15) is 0 Å². The molecule has 1 heterocycles. The molecule has 0 radical (unpaired) electrons. The fourth-order valence-corrected chi connectivity index (χ4v) is 7.56. The lowest BCUT2D eigenvalue weighted by Crippen LogP contribution is -2.53. The van der Waals surface area contributed by atoms with E-state index in [0.717, 1.165) is 17.5 Å². The Balaban J connectivity index is 1.47. The Morgan fingerprint density at radius 3 is 1.90 bits per heavy atom. The van der Waals surface area contributed by atoms with Gasteiger partial charge in [0.15, 0.2) is 0 Å². The average Bonchev–Trinajstić information content (AvgIpc) is 3.50. The molecule has 5 nitrogen and oxygen atoms in total. The smallest absolute Gasteiger partial charge is 0.227 e. The summed E-state index contributed by atoms with van der Waals surface area (Å²) in [5, 5.41) is 12.7. The number of fused-ring (bicyclic) bond motifs is 1. The van der Waals surface area contributed by atoms with Crippen LogP contribution >= 0.6 is 0 Å². The zero-order valence-corrected chi connectivity index (χ0v) is 23.7. The number of nitrogens with zero attached hydrogens (tertiary/aromatic N) is 1. The van der Waals surface area contributed by atoms with Gasteiger partial charge in [-0.3, -0.25) is 4.79 Å². The number of ether oxygens (including phenoxy) is 2. The molecule has 3 unspecified atom stereocenters. The van der Waals surface area contributed by atoms with Gasteiger partial charge in [0.2, 0.25) is 5.91 Å². The molecule has 4 aromatic rings. The number of carbonyl (C=O) groups is 1. The highest BCUT2D eigenvalue weighted by Gasteiger charge is 2.61. The van der Waals surface area contributed by atoms with Crippen LogP contribution in [0.2, 0.25) is 0 Å². The summed E-state index contributed by atoms with van der Waals surface area (Å²) in [5.41, 5.74) is 2.60. The predicted octanol–water partition coefficient (Wildman–Crippen LogP) is 5.99. The van der Waals surface area contributed by atoms with Crippen molar-refractivity contribution in [1.29, 1.82) is 0 Å². The van der Waals surface area contributed by atoms with E-state index in [-0.39, 0.29) is 29.6 Å². The van der Waals surface area contributed by atoms with E-state index >= 15 is 0 Å². The van der Waals surface area contributed by atoms with E-state index in [1.807, 2.05) is 65.6 Å². The summed E-state index contributed by atoms with van der Waals surface area (Å²) in [4.78, 5) is 15.9. The minimum absolute atomic E-state index is 0.0161. The van der Waals surface area contributed by atoms with Crippen LogP contribution in [0, 0.1) is 11.8 Å². The third-order valence-electron chi connectivity index (χ3n) is 9.50. The Morgan fingerprint density at radius 2 is 1.27 bits per heavy atom. The molecule has 41 heavy (non-hydrogen) atoms. The summed E-state index contributed by atoms with van der Waals surface area (Å²) in [6.45, 7) is 1.02. The molecule has 5 heteroatoms. The topological polar surface area (TPSA) is 59.0 Å². The van der Waals surface area contributed by atoms with E-state index < -0.39 is 5.60 Å². The molecule has 1 N–H and O–H groups in total. The summed E-state index contributed by atoms with van der Waals surface area (Å²) in [7, 11) is 3.29. The number of hydrogen-bond acceptors (Lipinski definition) is 4. The Morgan fingerprint density at radius 1 is 0.732 bits per heavy atom. The van der Waals surface area contributed by atoms with Crippen molar-refractivity contribution in [2.45, 2.75) is 30.3 Å². The molecule has 0 bridgehead atoms. The molecule has 1 aliphatic carbocycles. The van der Waals surface area contributed by atoms with Crippen LogP contribution in [0.4, 0.5) is 0 Å². The van der Waals surface area contributed by atoms with Crippen LogP contribution in [-0.4, -0.2) is 43.2 Å². The van der Waals surface area contributed by atoms with E-state index in [1.54, 1.807) is 14.2 Å². The Labute approximate surface area is 242 Å². The van der Waals surface area contributed by atoms with Gasteiger partial charge in [0.1, 0.15) is 11.5 Å². The van der Waals surface area contributed by atoms with E-state index in [2.05, 4.69) is 48.5 Å². The van der Waals surface area contributed by atoms with Gasteiger partial charge in [-0.25, -0.2) is 0 Å². The first-order valence-corrected chi connectivity index (χ1v) is 14.4. The van der Waals surface area contributed by atoms with Crippen molar-refractivity contribution in [3.8, 4) is 11.5 Å². The average molecular weight is 548 g/mol. The quantitative estimate of drug-likeness (QED) is 0.309. The van der Waals surface area contributed by atoms with E-state index in [4.69, 9.17) is 9.47 Å². The normalized spacial score (nSPS) is 23.0. The van der Waals surface area contributed by atoms with Crippen molar-refractivity contribution in [3.63, 3.8) is 0 Å². The van der Waals surface area contributed by atoms with Crippen LogP contribution < -0.4 is 9.47 Å². The van der Waals surface area contributed by atoms with Crippen LogP contribution in [0.15, 0.2) is 109 Å². The highest BCUT2D eigenvalue weighted by atomic mass is 16.5. The second kappa shape index (κ2) is 11.1. The number of methoxy groups -OCH3 is 2. The third-order valence-corrected chi connectivity index (χ3v) is 9.50. The number of para-hydroxylation sites is 2. The summed E-state index contributed by atoms with van der Waals surface area (Å²) in [6.07, 6.45) is 1.54. The van der Waals surface area contributed by atoms with Gasteiger partial charge in [-0.05, 0) is 42.0 Å². The lowest BCUT2D eigenvalue weighted by Gasteiger charge is -2.53. The monoisotopic (exact) mass is 547 g/mol. The Bertz CT molecular complexity index is 1470. The number of likely N-dealkylation sites (tertiary alicyclic amines) is 1. The summed E-state index contributed by atoms with van der Waals surface area (Å²) < 4.78 is 11.3. The molecule has 0 spiro atoms. The molecular formula is C36H37NO4. The lowest BCUT2D eigenvalue weighted by molar-refractivity contribution is -0.130. The summed E-state index contributed by atoms with van der Waals surface area (Å²) >= 11 is 0. The second-order valence-electron chi connectivity index (χ2n) is 11.3. The first-order valence-electron chi connectivity index (χ1n) is 14.4. The highest BCUT2D eigenvalue weighted by molar-refractivity contribution is 5.80. The van der Waals surface area contributed by atoms with Crippen molar-refractivity contribution < 1.29 is 19.4 Å². The van der Waals surface area contributed by atoms with Crippen molar-refractivity contribution in [2.75, 3.05) is 27.3 Å². The zero-order valence-electron chi connectivity index (χ0n) is 23.7. The molecule has 1 saturated carbocycles. The number of benzene rings is 4. The SMILES string of the molecule is COc1ccccc1CC(=O)N1CC2C(C1)C(c1ccccc1)(c1ccccc1)CCC2(O)c1ccccc1OC. The highest BCUT2D eigenvalue weighted by Crippen LogP contribution is 2.60. The van der Waals surface area contributed by atoms with Gasteiger partial charge in [-0.1, -0.05) is 97.1 Å². The van der Waals surface area contributed by atoms with Crippen molar-refractivity contribution >= 4 is 5.91 Å². The maximum atomic E-state index is 13.9. The fraction of sp³-hybridized carbons (Fsp3) is 0.306. The predicted molar refractivity (Wildman–Crippen MR) is 160 cm³/mol. The summed E-state index contributed by atoms with van der Waals surface area (Å²) in [6, 6.07) is 36.8. The van der Waals surface area contributed by atoms with Gasteiger partial charge in [-0.15, -0.1) is 0 Å². The third kappa shape index (κ3) is 4.58. The van der Waals surface area contributed by atoms with E-state index in [9.17, 15) is 9.90 Å². The van der Waals surface area contributed by atoms with Gasteiger partial charge in [0, 0.05) is 35.5 Å². The minimum atomic E-state index is -1.15. The van der Waals surface area contributed by atoms with Crippen LogP contribution in [0.5, 0.6) is 11.5 Å². The molecule has 4 aromatic carbocycles. The Hall–Kier alpha value is -4.09. The Kier molecular flexibility index (Phi) is 7.31. The molecule has 1 saturated heterocycles. The molecular weight excluding hydrogens is 510 g/mol. The first kappa shape index (κ1) is 27.1. The van der Waals surface area contributed by atoms with Crippen LogP contribution in [-0.2, 0) is 22.2 Å². The maximum absolute atomic E-state index is 13.9. The molecule has 1 amide bonds. The van der Waals surface area contributed by atoms with Crippen LogP contribution in [0.3, 0.4) is 0 Å². The van der Waals surface area contributed by atoms with Crippen LogP contribution in [0.1, 0.15) is 35.1 Å². The molecule has 6 rings (SSSR count). The van der Waals surface area contributed by atoms with Gasteiger partial charge in [0.05, 0.1) is 26.2 Å². The number of carbonyl (C=O) groups excluding carboxylic acids is 1. The fourth-order valence-electron chi connectivity index (χ4n) is 7.56. The van der Waals surface area contributed by atoms with Crippen molar-refractivity contribution in [3.05, 3.63) is 131 Å². The minimum Gasteiger partial charge on any atom is -0.496 e. The molecule has 3 atom stereocenters. The van der Waals surface area contributed by atoms with Gasteiger partial charge in [0.25, 0.3) is 0 Å². The molecule has 2 aliphatic rings. The molecule has 210 valence electrons. The zero-order chi connectivity index (χ0) is 28.5. The number of aliphatic hydroxyl groups is 1. The maximum Gasteiger partial charge on any atom is 0.227 e. The van der Waals surface area contributed by atoms with Crippen LogP contribution in [0.25, 0.3) is 0 Å². The standard InChI is InChI=1S/C36H37NO4/c1-40-32-19-11-9-13-26(32)23-34(38)37-24-30-31(25-37)36(39,29-18-10-12-20-33(29)41-2)22-21-35(30,27-14-5-3-6-15-27)28-16-7-4-8-17-28/h3-20,30-31,39H,21-25H2,1-2H3. The number of hydrogen-bond donors (Lipinski definition) is 1. The van der Waals surface area contributed by atoms with Crippen molar-refractivity contribution in [1.82, 2.24) is 4.90 Å². The molecule has 0 aromatic heterocycles. The number of amides is 1. The van der Waals surface area contributed by atoms with E-state index in [1.165, 1.54) is 11.1 Å². The van der Waals surface area contributed by atoms with Gasteiger partial charge >= 0.3 is 0 Å². The largest absolute Gasteiger partial charge is 0.496 e. The van der Waals surface area contributed by atoms with Gasteiger partial charge < -0.3 is 19.5 Å². The second-order valence-corrected chi connectivity index (χ2v) is 11.3. The first-order chi connectivity index (χ1) is 20.0. The lowest BCUT2D eigenvalue weighted by atomic mass is 9.52. The number of rotatable bonds is 7.